The van der Waals surface area contributed by atoms with E-state index in [2.05, 4.69) is 47.5 Å². The van der Waals surface area contributed by atoms with E-state index in [1.54, 1.807) is 24.3 Å². The van der Waals surface area contributed by atoms with Gasteiger partial charge in [0.05, 0.1) is 11.6 Å². The molecule has 0 bridgehead atoms. The Morgan fingerprint density at radius 3 is 2.28 bits per heavy atom. The van der Waals surface area contributed by atoms with Crippen LogP contribution < -0.4 is 5.32 Å². The van der Waals surface area contributed by atoms with Crippen molar-refractivity contribution >= 4 is 11.7 Å². The van der Waals surface area contributed by atoms with Crippen LogP contribution in [0.5, 0.6) is 0 Å². The first-order valence-corrected chi connectivity index (χ1v) is 8.52. The zero-order valence-corrected chi connectivity index (χ0v) is 14.4. The normalized spacial score (nSPS) is 16.1. The first kappa shape index (κ1) is 17.0. The maximum atomic E-state index is 12.4. The highest BCUT2D eigenvalue weighted by Gasteiger charge is 2.24. The van der Waals surface area contributed by atoms with Crippen LogP contribution in [0.1, 0.15) is 24.1 Å². The van der Waals surface area contributed by atoms with E-state index < -0.39 is 0 Å². The van der Waals surface area contributed by atoms with Crippen LogP contribution in [0.4, 0.5) is 10.5 Å². The molecule has 0 saturated carbocycles. The zero-order valence-electron chi connectivity index (χ0n) is 14.4. The Bertz CT molecular complexity index is 744. The van der Waals surface area contributed by atoms with Gasteiger partial charge in [-0.15, -0.1) is 0 Å². The molecule has 0 radical (unpaired) electrons. The summed E-state index contributed by atoms with van der Waals surface area (Å²) in [7, 11) is 0. The predicted molar refractivity (Wildman–Crippen MR) is 98.2 cm³/mol. The van der Waals surface area contributed by atoms with Gasteiger partial charge in [-0.25, -0.2) is 4.79 Å². The molecule has 128 valence electrons. The number of urea groups is 1. The minimum Gasteiger partial charge on any atom is -0.322 e. The molecule has 5 nitrogen and oxygen atoms in total. The van der Waals surface area contributed by atoms with E-state index in [0.717, 1.165) is 13.1 Å². The van der Waals surface area contributed by atoms with Gasteiger partial charge in [0.1, 0.15) is 0 Å². The fourth-order valence-corrected chi connectivity index (χ4v) is 3.09. The van der Waals surface area contributed by atoms with Gasteiger partial charge in [-0.05, 0) is 36.8 Å². The standard InChI is InChI=1S/C20H22N4O/c1-16(18-5-3-2-4-6-18)23-11-13-24(14-12-23)20(25)22-19-9-7-17(15-21)8-10-19/h2-10,16H,11-14H2,1H3,(H,22,25). The summed E-state index contributed by atoms with van der Waals surface area (Å²) in [5, 5.41) is 11.7. The highest BCUT2D eigenvalue weighted by molar-refractivity contribution is 5.89. The van der Waals surface area contributed by atoms with Crippen molar-refractivity contribution in [2.45, 2.75) is 13.0 Å². The minimum atomic E-state index is -0.0864. The third kappa shape index (κ3) is 4.17. The van der Waals surface area contributed by atoms with Crippen molar-refractivity contribution < 1.29 is 4.79 Å². The number of nitrogens with one attached hydrogen (secondary N) is 1. The summed E-state index contributed by atoms with van der Waals surface area (Å²) in [6, 6.07) is 19.7. The molecule has 0 aromatic heterocycles. The van der Waals surface area contributed by atoms with E-state index in [1.807, 2.05) is 11.0 Å². The molecular formula is C20H22N4O. The second kappa shape index (κ2) is 7.82. The SMILES string of the molecule is CC(c1ccccc1)N1CCN(C(=O)Nc2ccc(C#N)cc2)CC1. The second-order valence-electron chi connectivity index (χ2n) is 6.23. The number of benzene rings is 2. The average molecular weight is 334 g/mol. The third-order valence-electron chi connectivity index (χ3n) is 4.70. The van der Waals surface area contributed by atoms with Crippen LogP contribution in [-0.4, -0.2) is 42.0 Å². The van der Waals surface area contributed by atoms with Gasteiger partial charge in [0.15, 0.2) is 0 Å². The lowest BCUT2D eigenvalue weighted by atomic mass is 10.1. The Balaban J connectivity index is 1.53. The molecule has 25 heavy (non-hydrogen) atoms. The van der Waals surface area contributed by atoms with Crippen molar-refractivity contribution in [1.29, 1.82) is 5.26 Å². The Morgan fingerprint density at radius 2 is 1.68 bits per heavy atom. The van der Waals surface area contributed by atoms with E-state index in [1.165, 1.54) is 5.56 Å². The summed E-state index contributed by atoms with van der Waals surface area (Å²) in [5.41, 5.74) is 2.60. The monoisotopic (exact) mass is 334 g/mol. The van der Waals surface area contributed by atoms with Crippen LogP contribution in [0.2, 0.25) is 0 Å². The molecule has 1 unspecified atom stereocenters. The van der Waals surface area contributed by atoms with Crippen LogP contribution >= 0.6 is 0 Å². The summed E-state index contributed by atoms with van der Waals surface area (Å²) >= 11 is 0. The summed E-state index contributed by atoms with van der Waals surface area (Å²) in [6.07, 6.45) is 0. The number of hydrogen-bond acceptors (Lipinski definition) is 3. The number of nitriles is 1. The van der Waals surface area contributed by atoms with Crippen molar-refractivity contribution in [2.24, 2.45) is 0 Å². The maximum Gasteiger partial charge on any atom is 0.321 e. The largest absolute Gasteiger partial charge is 0.322 e. The molecule has 1 heterocycles. The lowest BCUT2D eigenvalue weighted by Crippen LogP contribution is -2.50. The van der Waals surface area contributed by atoms with E-state index in [0.29, 0.717) is 30.4 Å². The highest BCUT2D eigenvalue weighted by atomic mass is 16.2. The zero-order chi connectivity index (χ0) is 17.6. The van der Waals surface area contributed by atoms with Crippen LogP contribution in [0.25, 0.3) is 0 Å². The third-order valence-corrected chi connectivity index (χ3v) is 4.70. The second-order valence-corrected chi connectivity index (χ2v) is 6.23. The summed E-state index contributed by atoms with van der Waals surface area (Å²) < 4.78 is 0. The first-order valence-electron chi connectivity index (χ1n) is 8.52. The van der Waals surface area contributed by atoms with Crippen molar-refractivity contribution in [3.05, 3.63) is 65.7 Å². The highest BCUT2D eigenvalue weighted by Crippen LogP contribution is 2.21. The fraction of sp³-hybridized carbons (Fsp3) is 0.300. The number of amides is 2. The lowest BCUT2D eigenvalue weighted by molar-refractivity contribution is 0.119. The van der Waals surface area contributed by atoms with Gasteiger partial charge in [0, 0.05) is 37.9 Å². The van der Waals surface area contributed by atoms with Gasteiger partial charge in [-0.2, -0.15) is 5.26 Å². The number of carbonyl (C=O) groups is 1. The van der Waals surface area contributed by atoms with E-state index >= 15 is 0 Å². The number of carbonyl (C=O) groups excluding carboxylic acids is 1. The lowest BCUT2D eigenvalue weighted by Gasteiger charge is -2.38. The van der Waals surface area contributed by atoms with Gasteiger partial charge < -0.3 is 10.2 Å². The van der Waals surface area contributed by atoms with Crippen molar-refractivity contribution in [3.8, 4) is 6.07 Å². The molecule has 0 aliphatic carbocycles. The number of piperazine rings is 1. The number of hydrogen-bond donors (Lipinski definition) is 1. The average Bonchev–Trinajstić information content (AvgIpc) is 2.69. The molecule has 2 aromatic carbocycles. The van der Waals surface area contributed by atoms with Gasteiger partial charge in [0.2, 0.25) is 0 Å². The molecule has 1 aliphatic rings. The van der Waals surface area contributed by atoms with E-state index in [9.17, 15) is 4.79 Å². The van der Waals surface area contributed by atoms with Gasteiger partial charge in [-0.1, -0.05) is 30.3 Å². The fourth-order valence-electron chi connectivity index (χ4n) is 3.09. The van der Waals surface area contributed by atoms with Crippen molar-refractivity contribution in [1.82, 2.24) is 9.80 Å². The topological polar surface area (TPSA) is 59.4 Å². The maximum absolute atomic E-state index is 12.4. The first-order chi connectivity index (χ1) is 12.2. The molecular weight excluding hydrogens is 312 g/mol. The molecule has 1 atom stereocenters. The summed E-state index contributed by atoms with van der Waals surface area (Å²) in [4.78, 5) is 16.6. The van der Waals surface area contributed by atoms with Crippen LogP contribution in [0.3, 0.4) is 0 Å². The molecule has 5 heteroatoms. The molecule has 1 aliphatic heterocycles. The van der Waals surface area contributed by atoms with Gasteiger partial charge >= 0.3 is 6.03 Å². The number of anilines is 1. The van der Waals surface area contributed by atoms with E-state index in [4.69, 9.17) is 5.26 Å². The summed E-state index contributed by atoms with van der Waals surface area (Å²) in [5.74, 6) is 0. The molecule has 2 amide bonds. The molecule has 1 fully saturated rings. The summed E-state index contributed by atoms with van der Waals surface area (Å²) in [6.45, 7) is 5.34. The van der Waals surface area contributed by atoms with Crippen molar-refractivity contribution in [3.63, 3.8) is 0 Å². The molecule has 0 spiro atoms. The molecule has 1 N–H and O–H groups in total. The van der Waals surface area contributed by atoms with Crippen LogP contribution in [-0.2, 0) is 0 Å². The Morgan fingerprint density at radius 1 is 1.04 bits per heavy atom. The van der Waals surface area contributed by atoms with Gasteiger partial charge in [-0.3, -0.25) is 4.90 Å². The minimum absolute atomic E-state index is 0.0864. The van der Waals surface area contributed by atoms with E-state index in [-0.39, 0.29) is 6.03 Å². The number of rotatable bonds is 3. The predicted octanol–water partition coefficient (Wildman–Crippen LogP) is 3.47. The molecule has 2 aromatic rings. The van der Waals surface area contributed by atoms with Crippen LogP contribution in [0, 0.1) is 11.3 Å². The smallest absolute Gasteiger partial charge is 0.321 e. The van der Waals surface area contributed by atoms with Crippen LogP contribution in [0.15, 0.2) is 54.6 Å². The molecule has 1 saturated heterocycles. The Labute approximate surface area is 148 Å². The Kier molecular flexibility index (Phi) is 5.32. The van der Waals surface area contributed by atoms with Crippen molar-refractivity contribution in [2.75, 3.05) is 31.5 Å². The Hall–Kier alpha value is -2.84. The quantitative estimate of drug-likeness (QED) is 0.935. The number of nitrogens with zero attached hydrogens (tertiary/aromatic N) is 3. The van der Waals surface area contributed by atoms with Gasteiger partial charge in [0.25, 0.3) is 0 Å². The molecule has 3 rings (SSSR count).